The van der Waals surface area contributed by atoms with Gasteiger partial charge in [-0.1, -0.05) is 0 Å². The van der Waals surface area contributed by atoms with Crippen molar-refractivity contribution in [3.8, 4) is 11.4 Å². The highest BCUT2D eigenvalue weighted by Crippen LogP contribution is 2.25. The fraction of sp³-hybridized carbons (Fsp3) is 0.0833. The average molecular weight is 272 g/mol. The zero-order valence-electron chi connectivity index (χ0n) is 10.6. The Morgan fingerprint density at radius 1 is 1.30 bits per heavy atom. The third-order valence-electron chi connectivity index (χ3n) is 2.97. The van der Waals surface area contributed by atoms with Gasteiger partial charge in [-0.3, -0.25) is 0 Å². The van der Waals surface area contributed by atoms with Gasteiger partial charge >= 0.3 is 5.69 Å². The summed E-state index contributed by atoms with van der Waals surface area (Å²) in [4.78, 5) is 22.6. The highest BCUT2D eigenvalue weighted by Gasteiger charge is 2.13. The summed E-state index contributed by atoms with van der Waals surface area (Å²) in [5, 5.41) is 0. The molecule has 2 heterocycles. The summed E-state index contributed by atoms with van der Waals surface area (Å²) in [5.41, 5.74) is 13.0. The molecule has 0 amide bonds. The topological polar surface area (TPSA) is 125 Å². The number of aromatic nitrogens is 4. The molecule has 0 saturated heterocycles. The molecule has 0 aliphatic heterocycles. The number of nitrogens with two attached hydrogens (primary N) is 2. The molecule has 0 aliphatic rings. The summed E-state index contributed by atoms with van der Waals surface area (Å²) in [6.45, 7) is 0. The molecule has 20 heavy (non-hydrogen) atoms. The smallest absolute Gasteiger partial charge is 0.332 e. The predicted molar refractivity (Wildman–Crippen MR) is 74.9 cm³/mol. The van der Waals surface area contributed by atoms with E-state index in [1.165, 1.54) is 18.0 Å². The number of ether oxygens (including phenoxy) is 1. The number of hydrogen-bond donors (Lipinski definition) is 3. The van der Waals surface area contributed by atoms with Gasteiger partial charge in [-0.25, -0.2) is 19.3 Å². The SMILES string of the molecule is COc1ccc(-n2c(=O)[nH]c3c(N)ncnc32)cc1N. The van der Waals surface area contributed by atoms with Gasteiger partial charge in [0.05, 0.1) is 18.5 Å². The van der Waals surface area contributed by atoms with Crippen LogP contribution < -0.4 is 21.9 Å². The second kappa shape index (κ2) is 4.26. The van der Waals surface area contributed by atoms with E-state index in [0.29, 0.717) is 28.3 Å². The van der Waals surface area contributed by atoms with Gasteiger partial charge in [0.1, 0.15) is 17.6 Å². The van der Waals surface area contributed by atoms with Crippen molar-refractivity contribution in [3.63, 3.8) is 0 Å². The van der Waals surface area contributed by atoms with Crippen molar-refractivity contribution in [3.05, 3.63) is 35.0 Å². The molecule has 0 aliphatic carbocycles. The van der Waals surface area contributed by atoms with Crippen LogP contribution in [0.5, 0.6) is 5.75 Å². The third kappa shape index (κ3) is 1.66. The van der Waals surface area contributed by atoms with Crippen molar-refractivity contribution < 1.29 is 4.74 Å². The number of benzene rings is 1. The van der Waals surface area contributed by atoms with Crippen molar-refractivity contribution >= 4 is 22.7 Å². The van der Waals surface area contributed by atoms with Gasteiger partial charge in [0.25, 0.3) is 0 Å². The minimum absolute atomic E-state index is 0.215. The number of imidazole rings is 1. The highest BCUT2D eigenvalue weighted by molar-refractivity contribution is 5.82. The van der Waals surface area contributed by atoms with Crippen LogP contribution in [0.3, 0.4) is 0 Å². The van der Waals surface area contributed by atoms with E-state index in [4.69, 9.17) is 16.2 Å². The maximum Gasteiger partial charge on any atom is 0.332 e. The first-order valence-corrected chi connectivity index (χ1v) is 5.77. The first-order valence-electron chi connectivity index (χ1n) is 5.77. The second-order valence-corrected chi connectivity index (χ2v) is 4.15. The number of nitrogens with one attached hydrogen (secondary N) is 1. The molecule has 0 spiro atoms. The van der Waals surface area contributed by atoms with E-state index in [-0.39, 0.29) is 11.5 Å². The standard InChI is InChI=1S/C12H12N6O2/c1-20-8-3-2-6(4-7(8)13)18-11-9(17-12(18)19)10(14)15-5-16-11/h2-5H,13H2,1H3,(H,17,19)(H2,14,15,16). The van der Waals surface area contributed by atoms with Gasteiger partial charge in [0.15, 0.2) is 11.5 Å². The van der Waals surface area contributed by atoms with Crippen LogP contribution in [0.15, 0.2) is 29.3 Å². The predicted octanol–water partition coefficient (Wildman–Crippen LogP) is 0.282. The molecule has 0 fully saturated rings. The summed E-state index contributed by atoms with van der Waals surface area (Å²) in [5.74, 6) is 0.753. The molecule has 0 bridgehead atoms. The number of methoxy groups -OCH3 is 1. The lowest BCUT2D eigenvalue weighted by molar-refractivity contribution is 0.417. The molecular formula is C12H12N6O2. The van der Waals surface area contributed by atoms with E-state index >= 15 is 0 Å². The van der Waals surface area contributed by atoms with E-state index in [0.717, 1.165) is 0 Å². The Bertz CT molecular complexity index is 851. The lowest BCUT2D eigenvalue weighted by Crippen LogP contribution is -2.15. The van der Waals surface area contributed by atoms with Gasteiger partial charge in [0, 0.05) is 0 Å². The van der Waals surface area contributed by atoms with Crippen molar-refractivity contribution in [2.24, 2.45) is 0 Å². The number of nitrogen functional groups attached to an aromatic ring is 2. The maximum absolute atomic E-state index is 12.1. The molecule has 0 radical (unpaired) electrons. The number of fused-ring (bicyclic) bond motifs is 1. The van der Waals surface area contributed by atoms with Crippen LogP contribution in [0, 0.1) is 0 Å². The Morgan fingerprint density at radius 2 is 2.10 bits per heavy atom. The minimum atomic E-state index is -0.364. The normalized spacial score (nSPS) is 10.8. The van der Waals surface area contributed by atoms with Gasteiger partial charge in [0.2, 0.25) is 0 Å². The molecule has 8 heteroatoms. The van der Waals surface area contributed by atoms with Crippen LogP contribution in [-0.2, 0) is 0 Å². The molecule has 5 N–H and O–H groups in total. The quantitative estimate of drug-likeness (QED) is 0.575. The minimum Gasteiger partial charge on any atom is -0.495 e. The van der Waals surface area contributed by atoms with Gasteiger partial charge < -0.3 is 21.2 Å². The summed E-state index contributed by atoms with van der Waals surface area (Å²) < 4.78 is 6.47. The third-order valence-corrected chi connectivity index (χ3v) is 2.97. The number of H-pyrrole nitrogens is 1. The summed E-state index contributed by atoms with van der Waals surface area (Å²) in [6.07, 6.45) is 1.30. The fourth-order valence-electron chi connectivity index (χ4n) is 2.04. The summed E-state index contributed by atoms with van der Waals surface area (Å²) in [6, 6.07) is 5.02. The van der Waals surface area contributed by atoms with E-state index in [9.17, 15) is 4.79 Å². The Balaban J connectivity index is 2.30. The van der Waals surface area contributed by atoms with Crippen LogP contribution in [0.25, 0.3) is 16.9 Å². The van der Waals surface area contributed by atoms with Gasteiger partial charge in [-0.15, -0.1) is 0 Å². The molecule has 8 nitrogen and oxygen atoms in total. The van der Waals surface area contributed by atoms with Crippen LogP contribution >= 0.6 is 0 Å². The average Bonchev–Trinajstić information content (AvgIpc) is 2.76. The number of rotatable bonds is 2. The van der Waals surface area contributed by atoms with Crippen LogP contribution in [-0.4, -0.2) is 26.6 Å². The van der Waals surface area contributed by atoms with Crippen LogP contribution in [0.2, 0.25) is 0 Å². The van der Waals surface area contributed by atoms with Crippen molar-refractivity contribution in [2.45, 2.75) is 0 Å². The zero-order chi connectivity index (χ0) is 14.3. The lowest BCUT2D eigenvalue weighted by Gasteiger charge is -2.07. The molecule has 102 valence electrons. The van der Waals surface area contributed by atoms with E-state index in [1.54, 1.807) is 18.2 Å². The molecular weight excluding hydrogens is 260 g/mol. The Morgan fingerprint density at radius 3 is 2.80 bits per heavy atom. The number of nitrogens with zero attached hydrogens (tertiary/aromatic N) is 3. The van der Waals surface area contributed by atoms with Crippen molar-refractivity contribution in [1.82, 2.24) is 19.5 Å². The summed E-state index contributed by atoms with van der Waals surface area (Å²) in [7, 11) is 1.52. The highest BCUT2D eigenvalue weighted by atomic mass is 16.5. The molecule has 3 aromatic rings. The zero-order valence-corrected chi connectivity index (χ0v) is 10.6. The van der Waals surface area contributed by atoms with Crippen LogP contribution in [0.4, 0.5) is 11.5 Å². The molecule has 0 atom stereocenters. The Labute approximate surface area is 113 Å². The fourth-order valence-corrected chi connectivity index (χ4v) is 2.04. The Hall–Kier alpha value is -3.03. The summed E-state index contributed by atoms with van der Waals surface area (Å²) >= 11 is 0. The molecule has 0 saturated carbocycles. The number of anilines is 2. The Kier molecular flexibility index (Phi) is 2.56. The maximum atomic E-state index is 12.1. The van der Waals surface area contributed by atoms with Crippen LogP contribution in [0.1, 0.15) is 0 Å². The molecule has 1 aromatic carbocycles. The number of aromatic amines is 1. The number of hydrogen-bond acceptors (Lipinski definition) is 6. The van der Waals surface area contributed by atoms with E-state index in [1.807, 2.05) is 0 Å². The van der Waals surface area contributed by atoms with Gasteiger partial charge in [-0.2, -0.15) is 0 Å². The monoisotopic (exact) mass is 272 g/mol. The van der Waals surface area contributed by atoms with E-state index < -0.39 is 0 Å². The largest absolute Gasteiger partial charge is 0.495 e. The molecule has 3 rings (SSSR count). The second-order valence-electron chi connectivity index (χ2n) is 4.15. The van der Waals surface area contributed by atoms with Crippen molar-refractivity contribution in [1.29, 1.82) is 0 Å². The van der Waals surface area contributed by atoms with E-state index in [2.05, 4.69) is 15.0 Å². The molecule has 0 unspecified atom stereocenters. The van der Waals surface area contributed by atoms with Crippen molar-refractivity contribution in [2.75, 3.05) is 18.6 Å². The van der Waals surface area contributed by atoms with Gasteiger partial charge in [-0.05, 0) is 18.2 Å². The lowest BCUT2D eigenvalue weighted by atomic mass is 10.2. The first-order chi connectivity index (χ1) is 9.61. The first kappa shape index (κ1) is 12.0. The molecule has 2 aromatic heterocycles.